The third kappa shape index (κ3) is 10.3. The van der Waals surface area contributed by atoms with Gasteiger partial charge in [-0.15, -0.1) is 0 Å². The van der Waals surface area contributed by atoms with Crippen molar-refractivity contribution in [3.63, 3.8) is 0 Å². The van der Waals surface area contributed by atoms with Crippen LogP contribution in [0, 0.1) is 22.7 Å². The molecule has 0 amide bonds. The summed E-state index contributed by atoms with van der Waals surface area (Å²) in [6, 6.07) is 40.2. The van der Waals surface area contributed by atoms with E-state index < -0.39 is 0 Å². The summed E-state index contributed by atoms with van der Waals surface area (Å²) < 4.78 is 0. The zero-order chi connectivity index (χ0) is 55.2. The van der Waals surface area contributed by atoms with E-state index in [1.807, 2.05) is 12.2 Å². The van der Waals surface area contributed by atoms with Gasteiger partial charge in [0.1, 0.15) is 0 Å². The number of nitrogens with zero attached hydrogens (tertiary/aromatic N) is 4. The minimum absolute atomic E-state index is 0.121. The molecule has 2 N–H and O–H groups in total. The fourth-order valence-corrected chi connectivity index (χ4v) is 10.3. The van der Waals surface area contributed by atoms with Crippen LogP contribution in [0.3, 0.4) is 0 Å². The number of benzene rings is 4. The molecule has 9 rings (SSSR count). The summed E-state index contributed by atoms with van der Waals surface area (Å²) in [5.74, 6) is 0. The van der Waals surface area contributed by atoms with E-state index in [0.717, 1.165) is 66.8 Å². The van der Waals surface area contributed by atoms with Crippen molar-refractivity contribution in [3.8, 4) is 56.6 Å². The Morgan fingerprint density at radius 3 is 0.829 bits per heavy atom. The van der Waals surface area contributed by atoms with Gasteiger partial charge in [-0.2, -0.15) is 10.5 Å². The van der Waals surface area contributed by atoms with E-state index in [1.54, 1.807) is 18.2 Å². The summed E-state index contributed by atoms with van der Waals surface area (Å²) >= 11 is 0. The maximum atomic E-state index is 10.8. The molecule has 0 aliphatic carbocycles. The van der Waals surface area contributed by atoms with Crippen LogP contribution in [0.25, 0.3) is 90.9 Å². The summed E-state index contributed by atoms with van der Waals surface area (Å²) in [5.41, 5.74) is 21.1. The summed E-state index contributed by atoms with van der Waals surface area (Å²) in [6.45, 7) is 41.0. The van der Waals surface area contributed by atoms with E-state index in [9.17, 15) is 10.5 Å². The minimum Gasteiger partial charge on any atom is -0.354 e. The van der Waals surface area contributed by atoms with Crippen LogP contribution in [0.5, 0.6) is 0 Å². The molecule has 0 atom stereocenters. The monoisotopic (exact) mass is 1000 g/mol. The summed E-state index contributed by atoms with van der Waals surface area (Å²) in [5, 5.41) is 21.6. The van der Waals surface area contributed by atoms with Gasteiger partial charge in [0.25, 0.3) is 0 Å². The molecular formula is C70H76N6. The second-order valence-electron chi connectivity index (χ2n) is 27.4. The first-order chi connectivity index (χ1) is 35.3. The molecule has 386 valence electrons. The molecule has 0 spiro atoms. The molecule has 0 unspecified atom stereocenters. The minimum atomic E-state index is -0.148. The summed E-state index contributed by atoms with van der Waals surface area (Å²) in [7, 11) is 0. The number of rotatable bonds is 4. The molecule has 6 nitrogen and oxygen atoms in total. The summed E-state index contributed by atoms with van der Waals surface area (Å²) in [6.07, 6.45) is 8.23. The van der Waals surface area contributed by atoms with Gasteiger partial charge in [0.05, 0.1) is 46.0 Å². The first-order valence-corrected chi connectivity index (χ1v) is 26.9. The van der Waals surface area contributed by atoms with E-state index in [0.29, 0.717) is 33.6 Å². The molecular weight excluding hydrogens is 925 g/mol. The van der Waals surface area contributed by atoms with Gasteiger partial charge in [-0.1, -0.05) is 185 Å². The first kappa shape index (κ1) is 53.3. The van der Waals surface area contributed by atoms with E-state index >= 15 is 0 Å². The molecule has 2 aliphatic heterocycles. The predicted octanol–water partition coefficient (Wildman–Crippen LogP) is 18.9. The van der Waals surface area contributed by atoms with Crippen LogP contribution in [0.2, 0.25) is 0 Å². The van der Waals surface area contributed by atoms with E-state index in [-0.39, 0.29) is 32.5 Å². The van der Waals surface area contributed by atoms with Gasteiger partial charge in [0.2, 0.25) is 0 Å². The number of fused-ring (bicyclic) bond motifs is 8. The Morgan fingerprint density at radius 1 is 0.316 bits per heavy atom. The van der Waals surface area contributed by atoms with Crippen LogP contribution in [0.4, 0.5) is 0 Å². The Labute approximate surface area is 452 Å². The molecule has 0 radical (unpaired) electrons. The van der Waals surface area contributed by atoms with Crippen molar-refractivity contribution in [2.45, 2.75) is 157 Å². The highest BCUT2D eigenvalue weighted by molar-refractivity contribution is 6.01. The average molecular weight is 1000 g/mol. The lowest BCUT2D eigenvalue weighted by atomic mass is 9.78. The van der Waals surface area contributed by atoms with E-state index in [2.05, 4.69) is 238 Å². The standard InChI is InChI=1S/C70H76N6/c1-65(2,3)46-30-43(31-47(36-46)66(4,5)6)61-52-22-24-54(73-52)62(44-32-48(67(7,8)9)37-49(33-44)68(10,11)12)56-26-28-58(75-56)64(60-41(39-71)20-19-21-42(60)40-72)59-29-27-57(76-59)63(55-25-23-53(61)74-55)45-34-50(69(13,14)15)38-51(35-45)70(16,17)18/h19-38,73-74H,1-18H3. The number of aromatic amines is 2. The molecule has 0 saturated heterocycles. The molecule has 8 bridgehead atoms. The van der Waals surface area contributed by atoms with Gasteiger partial charge >= 0.3 is 0 Å². The fourth-order valence-electron chi connectivity index (χ4n) is 10.3. The van der Waals surface area contributed by atoms with Gasteiger partial charge in [-0.25, -0.2) is 9.97 Å². The maximum absolute atomic E-state index is 10.8. The van der Waals surface area contributed by atoms with Gasteiger partial charge < -0.3 is 9.97 Å². The van der Waals surface area contributed by atoms with Crippen molar-refractivity contribution in [3.05, 3.63) is 164 Å². The molecule has 0 saturated carbocycles. The number of nitrogens with one attached hydrogen (secondary N) is 2. The average Bonchev–Trinajstić information content (AvgIpc) is 4.23. The lowest BCUT2D eigenvalue weighted by molar-refractivity contribution is 0.568. The second-order valence-corrected chi connectivity index (χ2v) is 27.4. The lowest BCUT2D eigenvalue weighted by Gasteiger charge is -2.26. The predicted molar refractivity (Wildman–Crippen MR) is 322 cm³/mol. The SMILES string of the molecule is CC(C)(C)c1cc(-c2c3nc(c(-c4c(C#N)cccc4C#N)c4nc(c(-c5cc(C(C)(C)C)cc(C(C)(C)C)c5)c5ccc([nH]5)c(-c5cc(C(C)(C)C)cc(C(C)(C)C)c5)c5ccc2[nH]5)C=C4)C=C3)cc(C(C)(C)C)c1. The van der Waals surface area contributed by atoms with Crippen molar-refractivity contribution in [1.82, 2.24) is 19.9 Å². The van der Waals surface area contributed by atoms with Crippen molar-refractivity contribution >= 4 is 46.4 Å². The highest BCUT2D eigenvalue weighted by Crippen LogP contribution is 2.44. The van der Waals surface area contributed by atoms with Gasteiger partial charge in [0.15, 0.2) is 0 Å². The number of aromatic nitrogens is 4. The topological polar surface area (TPSA) is 105 Å². The van der Waals surface area contributed by atoms with Crippen LogP contribution >= 0.6 is 0 Å². The van der Waals surface area contributed by atoms with Crippen LogP contribution in [0.15, 0.2) is 97.1 Å². The largest absolute Gasteiger partial charge is 0.354 e. The zero-order valence-corrected chi connectivity index (χ0v) is 48.3. The Bertz CT molecular complexity index is 3520. The van der Waals surface area contributed by atoms with Crippen LogP contribution in [0.1, 0.15) is 192 Å². The van der Waals surface area contributed by atoms with E-state index in [1.165, 1.54) is 33.4 Å². The number of H-pyrrole nitrogens is 2. The zero-order valence-electron chi connectivity index (χ0n) is 48.3. The van der Waals surface area contributed by atoms with Crippen molar-refractivity contribution in [2.75, 3.05) is 0 Å². The molecule has 0 fully saturated rings. The summed E-state index contributed by atoms with van der Waals surface area (Å²) in [4.78, 5) is 19.3. The molecule has 7 aromatic rings. The highest BCUT2D eigenvalue weighted by Gasteiger charge is 2.28. The Morgan fingerprint density at radius 2 is 0.566 bits per heavy atom. The van der Waals surface area contributed by atoms with Crippen molar-refractivity contribution < 1.29 is 0 Å². The smallest absolute Gasteiger partial charge is 0.0998 e. The van der Waals surface area contributed by atoms with Crippen LogP contribution < -0.4 is 0 Å². The Kier molecular flexibility index (Phi) is 13.1. The molecule has 3 aromatic heterocycles. The third-order valence-electron chi connectivity index (χ3n) is 15.2. The molecule has 5 heterocycles. The van der Waals surface area contributed by atoms with Gasteiger partial charge in [0, 0.05) is 49.9 Å². The number of nitriles is 2. The third-order valence-corrected chi connectivity index (χ3v) is 15.2. The van der Waals surface area contributed by atoms with Gasteiger partial charge in [-0.3, -0.25) is 0 Å². The molecule has 6 heteroatoms. The number of hydrogen-bond donors (Lipinski definition) is 2. The highest BCUT2D eigenvalue weighted by atomic mass is 14.8. The fraction of sp³-hybridized carbons (Fsp3) is 0.343. The van der Waals surface area contributed by atoms with Crippen molar-refractivity contribution in [1.29, 1.82) is 10.5 Å². The van der Waals surface area contributed by atoms with Crippen LogP contribution in [-0.4, -0.2) is 19.9 Å². The first-order valence-electron chi connectivity index (χ1n) is 26.9. The maximum Gasteiger partial charge on any atom is 0.0998 e. The van der Waals surface area contributed by atoms with Crippen molar-refractivity contribution in [2.24, 2.45) is 0 Å². The Balaban J connectivity index is 1.56. The van der Waals surface area contributed by atoms with Crippen LogP contribution in [-0.2, 0) is 32.5 Å². The Hall–Kier alpha value is -7.54. The number of hydrogen-bond acceptors (Lipinski definition) is 4. The van der Waals surface area contributed by atoms with Gasteiger partial charge in [-0.05, 0) is 143 Å². The molecule has 2 aliphatic rings. The molecule has 4 aromatic carbocycles. The molecule has 76 heavy (non-hydrogen) atoms. The normalized spacial score (nSPS) is 13.3. The van der Waals surface area contributed by atoms with E-state index in [4.69, 9.17) is 9.97 Å². The lowest BCUT2D eigenvalue weighted by Crippen LogP contribution is -2.16. The second kappa shape index (κ2) is 18.6. The quantitative estimate of drug-likeness (QED) is 0.183.